The highest BCUT2D eigenvalue weighted by Crippen LogP contribution is 2.25. The first kappa shape index (κ1) is 16.9. The predicted octanol–water partition coefficient (Wildman–Crippen LogP) is 2.58. The Morgan fingerprint density at radius 2 is 2.15 bits per heavy atom. The second-order valence-electron chi connectivity index (χ2n) is 3.90. The Labute approximate surface area is 131 Å². The summed E-state index contributed by atoms with van der Waals surface area (Å²) in [5.74, 6) is -0.505. The zero-order chi connectivity index (χ0) is 15.0. The van der Waals surface area contributed by atoms with E-state index in [1.807, 2.05) is 0 Å². The van der Waals surface area contributed by atoms with Gasteiger partial charge in [0.25, 0.3) is 0 Å². The minimum absolute atomic E-state index is 0.103. The van der Waals surface area contributed by atoms with Crippen LogP contribution in [0.3, 0.4) is 0 Å². The Morgan fingerprint density at radius 3 is 2.80 bits per heavy atom. The summed E-state index contributed by atoms with van der Waals surface area (Å²) in [6, 6.07) is 5.20. The van der Waals surface area contributed by atoms with Gasteiger partial charge in [0.05, 0.1) is 30.3 Å². The molecule has 1 amide bonds. The number of rotatable bonds is 7. The van der Waals surface area contributed by atoms with E-state index in [0.29, 0.717) is 23.9 Å². The molecule has 5 nitrogen and oxygen atoms in total. The third-order valence-electron chi connectivity index (χ3n) is 2.30. The van der Waals surface area contributed by atoms with Gasteiger partial charge in [-0.15, -0.1) is 0 Å². The lowest BCUT2D eigenvalue weighted by Crippen LogP contribution is -2.30. The number of benzene rings is 1. The molecule has 0 saturated carbocycles. The van der Waals surface area contributed by atoms with Gasteiger partial charge in [-0.25, -0.2) is 0 Å². The van der Waals surface area contributed by atoms with E-state index < -0.39 is 0 Å². The van der Waals surface area contributed by atoms with E-state index in [-0.39, 0.29) is 24.8 Å². The zero-order valence-corrected chi connectivity index (χ0v) is 13.4. The quantitative estimate of drug-likeness (QED) is 0.577. The van der Waals surface area contributed by atoms with Crippen LogP contribution in [-0.2, 0) is 14.3 Å². The normalized spacial score (nSPS) is 10.2. The van der Waals surface area contributed by atoms with Gasteiger partial charge in [-0.05, 0) is 25.1 Å². The minimum Gasteiger partial charge on any atom is -0.466 e. The van der Waals surface area contributed by atoms with Crippen molar-refractivity contribution >= 4 is 45.1 Å². The van der Waals surface area contributed by atoms with Gasteiger partial charge in [0, 0.05) is 11.0 Å². The van der Waals surface area contributed by atoms with Gasteiger partial charge in [0.1, 0.15) is 0 Å². The number of hydrogen-bond donors (Lipinski definition) is 2. The van der Waals surface area contributed by atoms with E-state index in [4.69, 9.17) is 16.3 Å². The van der Waals surface area contributed by atoms with Crippen LogP contribution in [0.4, 0.5) is 5.69 Å². The fourth-order valence-corrected chi connectivity index (χ4v) is 2.13. The first-order valence-electron chi connectivity index (χ1n) is 6.14. The van der Waals surface area contributed by atoms with Crippen LogP contribution in [0, 0.1) is 0 Å². The van der Waals surface area contributed by atoms with Gasteiger partial charge >= 0.3 is 5.97 Å². The van der Waals surface area contributed by atoms with Crippen LogP contribution in [0.15, 0.2) is 22.7 Å². The van der Waals surface area contributed by atoms with Gasteiger partial charge in [0.2, 0.25) is 5.91 Å². The average molecular weight is 364 g/mol. The van der Waals surface area contributed by atoms with Gasteiger partial charge in [-0.1, -0.05) is 27.5 Å². The molecule has 110 valence electrons. The third kappa shape index (κ3) is 6.36. The van der Waals surface area contributed by atoms with Crippen LogP contribution in [0.5, 0.6) is 0 Å². The zero-order valence-electron chi connectivity index (χ0n) is 11.0. The van der Waals surface area contributed by atoms with Crippen LogP contribution >= 0.6 is 27.5 Å². The molecular formula is C13H16BrClN2O3. The average Bonchev–Trinajstić information content (AvgIpc) is 2.38. The molecule has 0 radical (unpaired) electrons. The number of carbonyl (C=O) groups is 2. The summed E-state index contributed by atoms with van der Waals surface area (Å²) >= 11 is 9.27. The summed E-state index contributed by atoms with van der Waals surface area (Å²) in [6.07, 6.45) is 0.236. The molecule has 0 unspecified atom stereocenters. The number of nitrogens with one attached hydrogen (secondary N) is 2. The lowest BCUT2D eigenvalue weighted by molar-refractivity contribution is -0.143. The number of ether oxygens (including phenoxy) is 1. The molecule has 1 rings (SSSR count). The summed E-state index contributed by atoms with van der Waals surface area (Å²) < 4.78 is 5.61. The van der Waals surface area contributed by atoms with Gasteiger partial charge in [-0.3, -0.25) is 9.59 Å². The van der Waals surface area contributed by atoms with Crippen molar-refractivity contribution in [1.82, 2.24) is 5.32 Å². The van der Waals surface area contributed by atoms with E-state index in [1.165, 1.54) is 0 Å². The van der Waals surface area contributed by atoms with Crippen molar-refractivity contribution in [1.29, 1.82) is 0 Å². The monoisotopic (exact) mass is 362 g/mol. The Hall–Kier alpha value is -1.11. The first-order valence-corrected chi connectivity index (χ1v) is 7.31. The first-order chi connectivity index (χ1) is 9.52. The molecule has 0 aromatic heterocycles. The molecule has 0 spiro atoms. The SMILES string of the molecule is CCOC(=O)CCNCC(=O)Nc1ccc(Br)cc1Cl. The number of amides is 1. The van der Waals surface area contributed by atoms with Crippen molar-refractivity contribution in [2.75, 3.05) is 25.0 Å². The molecular weight excluding hydrogens is 348 g/mol. The number of carbonyl (C=O) groups excluding carboxylic acids is 2. The van der Waals surface area contributed by atoms with Crippen LogP contribution in [-0.4, -0.2) is 31.6 Å². The van der Waals surface area contributed by atoms with Crippen LogP contribution in [0.2, 0.25) is 5.02 Å². The van der Waals surface area contributed by atoms with Crippen LogP contribution in [0.1, 0.15) is 13.3 Å². The smallest absolute Gasteiger partial charge is 0.307 e. The standard InChI is InChI=1S/C13H16BrClN2O3/c1-2-20-13(19)5-6-16-8-12(18)17-11-4-3-9(14)7-10(11)15/h3-4,7,16H,2,5-6,8H2,1H3,(H,17,18). The topological polar surface area (TPSA) is 67.4 Å². The highest BCUT2D eigenvalue weighted by molar-refractivity contribution is 9.10. The molecule has 2 N–H and O–H groups in total. The Bertz CT molecular complexity index is 483. The van der Waals surface area contributed by atoms with E-state index in [0.717, 1.165) is 4.47 Å². The summed E-state index contributed by atoms with van der Waals surface area (Å²) in [5.41, 5.74) is 0.548. The maximum Gasteiger partial charge on any atom is 0.307 e. The second kappa shape index (κ2) is 8.94. The molecule has 0 aliphatic rings. The molecule has 0 heterocycles. The van der Waals surface area contributed by atoms with Crippen molar-refractivity contribution < 1.29 is 14.3 Å². The summed E-state index contributed by atoms with van der Waals surface area (Å²) in [6.45, 7) is 2.61. The third-order valence-corrected chi connectivity index (χ3v) is 3.11. The highest BCUT2D eigenvalue weighted by atomic mass is 79.9. The van der Waals surface area contributed by atoms with Crippen molar-refractivity contribution in [3.8, 4) is 0 Å². The Kier molecular flexibility index (Phi) is 7.58. The molecule has 0 saturated heterocycles. The maximum absolute atomic E-state index is 11.7. The van der Waals surface area contributed by atoms with E-state index in [1.54, 1.807) is 25.1 Å². The number of halogens is 2. The van der Waals surface area contributed by atoms with Crippen molar-refractivity contribution in [2.45, 2.75) is 13.3 Å². The van der Waals surface area contributed by atoms with E-state index in [2.05, 4.69) is 26.6 Å². The summed E-state index contributed by atoms with van der Waals surface area (Å²) in [4.78, 5) is 22.7. The number of hydrogen-bond acceptors (Lipinski definition) is 4. The molecule has 1 aromatic rings. The van der Waals surface area contributed by atoms with Crippen LogP contribution < -0.4 is 10.6 Å². The van der Waals surface area contributed by atoms with Gasteiger partial charge in [0.15, 0.2) is 0 Å². The van der Waals surface area contributed by atoms with Crippen molar-refractivity contribution in [3.63, 3.8) is 0 Å². The number of esters is 1. The summed E-state index contributed by atoms with van der Waals surface area (Å²) in [5, 5.41) is 6.00. The van der Waals surface area contributed by atoms with E-state index >= 15 is 0 Å². The van der Waals surface area contributed by atoms with Gasteiger partial charge in [-0.2, -0.15) is 0 Å². The van der Waals surface area contributed by atoms with Crippen molar-refractivity contribution in [3.05, 3.63) is 27.7 Å². The molecule has 20 heavy (non-hydrogen) atoms. The van der Waals surface area contributed by atoms with Crippen molar-refractivity contribution in [2.24, 2.45) is 0 Å². The fourth-order valence-electron chi connectivity index (χ4n) is 1.41. The molecule has 0 atom stereocenters. The number of anilines is 1. The predicted molar refractivity (Wildman–Crippen MR) is 81.9 cm³/mol. The molecule has 0 aliphatic heterocycles. The van der Waals surface area contributed by atoms with E-state index in [9.17, 15) is 9.59 Å². The minimum atomic E-state index is -0.281. The fraction of sp³-hybridized carbons (Fsp3) is 0.385. The lowest BCUT2D eigenvalue weighted by Gasteiger charge is -2.08. The Balaban J connectivity index is 2.28. The highest BCUT2D eigenvalue weighted by Gasteiger charge is 2.06. The summed E-state index contributed by atoms with van der Waals surface area (Å²) in [7, 11) is 0. The largest absolute Gasteiger partial charge is 0.466 e. The molecule has 0 aliphatic carbocycles. The Morgan fingerprint density at radius 1 is 1.40 bits per heavy atom. The van der Waals surface area contributed by atoms with Crippen LogP contribution in [0.25, 0.3) is 0 Å². The maximum atomic E-state index is 11.7. The molecule has 0 bridgehead atoms. The molecule has 1 aromatic carbocycles. The second-order valence-corrected chi connectivity index (χ2v) is 5.23. The molecule has 0 fully saturated rings. The lowest BCUT2D eigenvalue weighted by atomic mass is 10.3. The molecule has 7 heteroatoms. The van der Waals surface area contributed by atoms with Gasteiger partial charge < -0.3 is 15.4 Å².